The molecule has 0 aromatic heterocycles. The third-order valence-corrected chi connectivity index (χ3v) is 10.0. The molecule has 4 rings (SSSR count). The van der Waals surface area contributed by atoms with Crippen molar-refractivity contribution in [3.05, 3.63) is 23.8 Å². The number of aliphatic hydroxyl groups excluding tert-OH is 1. The number of alkyl halides is 1. The monoisotopic (exact) mass is 424 g/mol. The fourth-order valence-corrected chi connectivity index (χ4v) is 8.02. The smallest absolute Gasteiger partial charge is 0.178 e. The highest BCUT2D eigenvalue weighted by molar-refractivity contribution is 7.81. The van der Waals surface area contributed by atoms with Crippen LogP contribution in [0.1, 0.15) is 46.5 Å². The Hall–Kier alpha value is -0.620. The number of allylic oxidation sites excluding steroid dienone is 4. The molecule has 0 aromatic carbocycles. The van der Waals surface area contributed by atoms with Crippen LogP contribution in [-0.2, 0) is 9.59 Å². The summed E-state index contributed by atoms with van der Waals surface area (Å²) in [5.41, 5.74) is -1.90. The normalized spacial score (nSPS) is 52.5. The largest absolute Gasteiger partial charge is 0.391 e. The first-order valence-electron chi connectivity index (χ1n) is 10.1. The predicted octanol–water partition coefficient (Wildman–Crippen LogP) is 3.10. The van der Waals surface area contributed by atoms with E-state index in [0.29, 0.717) is 6.42 Å². The van der Waals surface area contributed by atoms with Crippen molar-refractivity contribution in [3.8, 4) is 0 Å². The van der Waals surface area contributed by atoms with Crippen LogP contribution in [0.2, 0.25) is 0 Å². The van der Waals surface area contributed by atoms with Crippen molar-refractivity contribution in [3.63, 3.8) is 0 Å². The van der Waals surface area contributed by atoms with Gasteiger partial charge in [-0.3, -0.25) is 9.59 Å². The van der Waals surface area contributed by atoms with E-state index in [1.165, 1.54) is 0 Å². The van der Waals surface area contributed by atoms with Gasteiger partial charge < -0.3 is 10.2 Å². The summed E-state index contributed by atoms with van der Waals surface area (Å²) in [7, 11) is 0. The molecule has 2 N–H and O–H groups in total. The maximum Gasteiger partial charge on any atom is 0.178 e. The quantitative estimate of drug-likeness (QED) is 0.470. The lowest BCUT2D eigenvalue weighted by molar-refractivity contribution is -0.175. The van der Waals surface area contributed by atoms with Crippen molar-refractivity contribution in [2.24, 2.45) is 28.6 Å². The fraction of sp³-hybridized carbons (Fsp3) is 0.727. The van der Waals surface area contributed by atoms with E-state index < -0.39 is 27.4 Å². The fourth-order valence-electron chi connectivity index (χ4n) is 7.26. The number of Topliss-reactive ketones (excluding diaryl/α,β-unsaturated/α-hetero) is 1. The van der Waals surface area contributed by atoms with Crippen LogP contribution in [0.4, 0.5) is 0 Å². The van der Waals surface area contributed by atoms with Crippen LogP contribution in [0.15, 0.2) is 23.8 Å². The Kier molecular flexibility index (Phi) is 4.57. The number of ketones is 2. The third-order valence-electron chi connectivity index (χ3n) is 8.79. The van der Waals surface area contributed by atoms with E-state index in [0.717, 1.165) is 18.4 Å². The summed E-state index contributed by atoms with van der Waals surface area (Å²) in [6.45, 7) is 5.87. The maximum absolute atomic E-state index is 12.8. The summed E-state index contributed by atoms with van der Waals surface area (Å²) >= 11 is 11.5. The lowest BCUT2D eigenvalue weighted by atomic mass is 9.45. The molecule has 0 radical (unpaired) electrons. The van der Waals surface area contributed by atoms with Crippen molar-refractivity contribution >= 4 is 35.8 Å². The van der Waals surface area contributed by atoms with Gasteiger partial charge in [0.25, 0.3) is 0 Å². The summed E-state index contributed by atoms with van der Waals surface area (Å²) in [6.07, 6.45) is 6.59. The summed E-state index contributed by atoms with van der Waals surface area (Å²) in [5, 5.41) is 23.0. The molecular formula is C22H29ClO4S. The molecule has 0 aliphatic heterocycles. The molecular weight excluding hydrogens is 396 g/mol. The van der Waals surface area contributed by atoms with E-state index in [9.17, 15) is 19.8 Å². The average Bonchev–Trinajstić information content (AvgIpc) is 2.84. The van der Waals surface area contributed by atoms with Crippen LogP contribution in [0, 0.1) is 28.6 Å². The number of thiol groups is 1. The molecule has 0 bridgehead atoms. The molecule has 4 aliphatic carbocycles. The van der Waals surface area contributed by atoms with Crippen molar-refractivity contribution < 1.29 is 19.8 Å². The van der Waals surface area contributed by atoms with E-state index >= 15 is 0 Å². The van der Waals surface area contributed by atoms with Crippen molar-refractivity contribution in [2.45, 2.75) is 63.0 Å². The Balaban J connectivity index is 1.84. The highest BCUT2D eigenvalue weighted by atomic mass is 35.5. The van der Waals surface area contributed by atoms with Crippen LogP contribution in [0.25, 0.3) is 0 Å². The molecule has 4 aliphatic rings. The maximum atomic E-state index is 12.8. The van der Waals surface area contributed by atoms with Gasteiger partial charge in [0.05, 0.1) is 16.7 Å². The van der Waals surface area contributed by atoms with E-state index in [2.05, 4.69) is 12.6 Å². The number of rotatable bonds is 2. The topological polar surface area (TPSA) is 74.6 Å². The number of aliphatic hydroxyl groups is 2. The molecule has 1 unspecified atom stereocenters. The zero-order valence-corrected chi connectivity index (χ0v) is 18.3. The van der Waals surface area contributed by atoms with Crippen LogP contribution >= 0.6 is 24.2 Å². The van der Waals surface area contributed by atoms with E-state index in [4.69, 9.17) is 11.6 Å². The van der Waals surface area contributed by atoms with Gasteiger partial charge in [0, 0.05) is 10.8 Å². The van der Waals surface area contributed by atoms with Gasteiger partial charge in [0.2, 0.25) is 0 Å². The van der Waals surface area contributed by atoms with Crippen LogP contribution in [0.5, 0.6) is 0 Å². The molecule has 8 atom stereocenters. The van der Waals surface area contributed by atoms with Gasteiger partial charge in [-0.1, -0.05) is 32.4 Å². The molecule has 0 spiro atoms. The third kappa shape index (κ3) is 2.17. The van der Waals surface area contributed by atoms with Gasteiger partial charge in [-0.15, -0.1) is 11.6 Å². The highest BCUT2D eigenvalue weighted by Gasteiger charge is 2.74. The predicted molar refractivity (Wildman–Crippen MR) is 111 cm³/mol. The second kappa shape index (κ2) is 6.19. The minimum absolute atomic E-state index is 0.0154. The molecule has 0 heterocycles. The Morgan fingerprint density at radius 2 is 2.04 bits per heavy atom. The van der Waals surface area contributed by atoms with Crippen molar-refractivity contribution in [2.75, 3.05) is 5.75 Å². The van der Waals surface area contributed by atoms with Gasteiger partial charge in [0.15, 0.2) is 11.6 Å². The molecule has 3 saturated carbocycles. The summed E-state index contributed by atoms with van der Waals surface area (Å²) in [6, 6.07) is 0. The van der Waals surface area contributed by atoms with Gasteiger partial charge in [-0.2, -0.15) is 12.6 Å². The molecule has 28 heavy (non-hydrogen) atoms. The minimum Gasteiger partial charge on any atom is -0.391 e. The molecule has 3 fully saturated rings. The van der Waals surface area contributed by atoms with E-state index in [1.807, 2.05) is 26.8 Å². The first-order valence-corrected chi connectivity index (χ1v) is 11.2. The number of hydrogen-bond donors (Lipinski definition) is 3. The second-order valence-electron chi connectivity index (χ2n) is 9.75. The zero-order chi connectivity index (χ0) is 20.7. The van der Waals surface area contributed by atoms with Crippen LogP contribution < -0.4 is 0 Å². The standard InChI is InChI=1S/C22H29ClO4S/c1-12-8-16-15-5-4-13-9-14(24)6-7-19(13,2)21(15,23)17(25)10-20(16,3)22(12,27)18(26)11-28/h6-7,9,12,15-17,25,27-28H,4-5,8,10-11H2,1-3H3/t12-,15-,16-,17-,19-,20-,21?,22-/m0/s1. The number of fused-ring (bicyclic) bond motifs is 5. The number of halogens is 1. The average molecular weight is 425 g/mol. The lowest BCUT2D eigenvalue weighted by Crippen LogP contribution is -2.68. The lowest BCUT2D eigenvalue weighted by Gasteiger charge is -2.63. The van der Waals surface area contributed by atoms with Crippen LogP contribution in [-0.4, -0.2) is 44.1 Å². The van der Waals surface area contributed by atoms with E-state index in [1.54, 1.807) is 12.2 Å². The van der Waals surface area contributed by atoms with Gasteiger partial charge >= 0.3 is 0 Å². The molecule has 0 saturated heterocycles. The number of hydrogen-bond acceptors (Lipinski definition) is 5. The summed E-state index contributed by atoms with van der Waals surface area (Å²) in [5.74, 6) is -0.598. The number of carbonyl (C=O) groups is 2. The first-order chi connectivity index (χ1) is 13.0. The highest BCUT2D eigenvalue weighted by Crippen LogP contribution is 2.71. The van der Waals surface area contributed by atoms with Gasteiger partial charge in [-0.25, -0.2) is 0 Å². The molecule has 4 nitrogen and oxygen atoms in total. The second-order valence-corrected chi connectivity index (χ2v) is 10.7. The Bertz CT molecular complexity index is 808. The number of carbonyl (C=O) groups excluding carboxylic acids is 2. The first kappa shape index (κ1) is 20.6. The summed E-state index contributed by atoms with van der Waals surface area (Å²) in [4.78, 5) is 23.7. The molecule has 6 heteroatoms. The van der Waals surface area contributed by atoms with Crippen molar-refractivity contribution in [1.29, 1.82) is 0 Å². The zero-order valence-electron chi connectivity index (χ0n) is 16.6. The Morgan fingerprint density at radius 3 is 2.68 bits per heavy atom. The molecule has 154 valence electrons. The SMILES string of the molecule is C[C@H]1C[C@H]2[C@@H]3CCC4=CC(=O)C=C[C@]4(C)C3(Cl)[C@@H](O)C[C@]2(C)[C@@]1(O)C(=O)CS. The molecule has 0 amide bonds. The van der Waals surface area contributed by atoms with Gasteiger partial charge in [-0.05, 0) is 55.6 Å². The van der Waals surface area contributed by atoms with Crippen molar-refractivity contribution in [1.82, 2.24) is 0 Å². The Labute approximate surface area is 176 Å². The Morgan fingerprint density at radius 1 is 1.36 bits per heavy atom. The van der Waals surface area contributed by atoms with Gasteiger partial charge in [0.1, 0.15) is 5.60 Å². The van der Waals surface area contributed by atoms with E-state index in [-0.39, 0.29) is 41.5 Å². The van der Waals surface area contributed by atoms with Crippen LogP contribution in [0.3, 0.4) is 0 Å². The molecule has 0 aromatic rings. The summed E-state index contributed by atoms with van der Waals surface area (Å²) < 4.78 is 0. The minimum atomic E-state index is -1.51.